The molecule has 0 fully saturated rings. The number of hydrogen-bond acceptors (Lipinski definition) is 6. The van der Waals surface area contributed by atoms with E-state index in [2.05, 4.69) is 10.6 Å². The van der Waals surface area contributed by atoms with Crippen LogP contribution in [0.3, 0.4) is 0 Å². The van der Waals surface area contributed by atoms with Crippen molar-refractivity contribution in [3.8, 4) is 0 Å². The molecule has 0 aromatic heterocycles. The summed E-state index contributed by atoms with van der Waals surface area (Å²) < 4.78 is 11.9. The molecule has 0 aliphatic heterocycles. The number of carbonyl (C=O) groups is 4. The Morgan fingerprint density at radius 1 is 0.355 bits per heavy atom. The zero-order valence-corrected chi connectivity index (χ0v) is 37.4. The smallest absolute Gasteiger partial charge is 0.338 e. The Morgan fingerprint density at radius 2 is 0.581 bits per heavy atom. The van der Waals surface area contributed by atoms with E-state index in [1.54, 1.807) is 48.5 Å². The molecule has 0 radical (unpaired) electrons. The highest BCUT2D eigenvalue weighted by molar-refractivity contribution is 5.95. The van der Waals surface area contributed by atoms with Crippen molar-refractivity contribution in [1.29, 1.82) is 0 Å². The van der Waals surface area contributed by atoms with Crippen molar-refractivity contribution in [2.75, 3.05) is 0 Å². The lowest BCUT2D eigenvalue weighted by Crippen LogP contribution is -2.43. The highest BCUT2D eigenvalue weighted by Crippen LogP contribution is 2.19. The van der Waals surface area contributed by atoms with Gasteiger partial charge in [0.1, 0.15) is 12.2 Å². The third kappa shape index (κ3) is 19.6. The Balaban J connectivity index is 0.986. The normalized spacial score (nSPS) is 13.0. The van der Waals surface area contributed by atoms with Crippen molar-refractivity contribution in [2.24, 2.45) is 0 Å². The summed E-state index contributed by atoms with van der Waals surface area (Å²) in [6, 6.07) is 35.8. The van der Waals surface area contributed by atoms with Gasteiger partial charge in [-0.2, -0.15) is 0 Å². The van der Waals surface area contributed by atoms with Crippen LogP contribution in [0.25, 0.3) is 0 Å². The number of nitrogens with one attached hydrogen (secondary N) is 2. The number of unbranched alkanes of at least 4 members (excludes halogenated alkanes) is 17. The van der Waals surface area contributed by atoms with E-state index >= 15 is 0 Å². The zero-order chi connectivity index (χ0) is 44.0. The number of amides is 2. The van der Waals surface area contributed by atoms with E-state index < -0.39 is 12.2 Å². The first-order valence-electron chi connectivity index (χ1n) is 23.6. The van der Waals surface area contributed by atoms with Crippen molar-refractivity contribution < 1.29 is 28.7 Å². The second-order valence-corrected chi connectivity index (χ2v) is 16.8. The van der Waals surface area contributed by atoms with E-state index in [-0.39, 0.29) is 35.8 Å². The molecule has 4 atom stereocenters. The summed E-state index contributed by atoms with van der Waals surface area (Å²) in [6.07, 6.45) is 22.5. The average Bonchev–Trinajstić information content (AvgIpc) is 3.30. The van der Waals surface area contributed by atoms with Crippen LogP contribution in [0.1, 0.15) is 184 Å². The van der Waals surface area contributed by atoms with Gasteiger partial charge in [0.05, 0.1) is 23.2 Å². The quantitative estimate of drug-likeness (QED) is 0.0385. The lowest BCUT2D eigenvalue weighted by atomic mass is 10.0. The Labute approximate surface area is 372 Å². The lowest BCUT2D eigenvalue weighted by Gasteiger charge is -2.25. The monoisotopic (exact) mass is 845 g/mol. The van der Waals surface area contributed by atoms with Crippen molar-refractivity contribution in [3.05, 3.63) is 144 Å². The van der Waals surface area contributed by atoms with Crippen LogP contribution in [0.5, 0.6) is 0 Å². The molecule has 0 aliphatic rings. The molecule has 0 spiro atoms. The van der Waals surface area contributed by atoms with Crippen molar-refractivity contribution in [3.63, 3.8) is 0 Å². The predicted octanol–water partition coefficient (Wildman–Crippen LogP) is 12.9. The van der Waals surface area contributed by atoms with Crippen LogP contribution >= 0.6 is 0 Å². The average molecular weight is 845 g/mol. The molecule has 0 bridgehead atoms. The molecule has 0 saturated carbocycles. The van der Waals surface area contributed by atoms with E-state index in [1.807, 2.05) is 86.6 Å². The number of rotatable bonds is 31. The Kier molecular flexibility index (Phi) is 23.8. The first kappa shape index (κ1) is 49.4. The van der Waals surface area contributed by atoms with Gasteiger partial charge < -0.3 is 20.1 Å². The summed E-state index contributed by atoms with van der Waals surface area (Å²) in [5.41, 5.74) is 2.23. The van der Waals surface area contributed by atoms with Gasteiger partial charge in [-0.15, -0.1) is 0 Å². The number of carbonyl (C=O) groups excluding carboxylic acids is 4. The number of ether oxygens (including phenoxy) is 2. The number of hydrogen-bond donors (Lipinski definition) is 2. The second-order valence-electron chi connectivity index (χ2n) is 16.8. The van der Waals surface area contributed by atoms with Gasteiger partial charge in [0.25, 0.3) is 11.8 Å². The molecular weight excluding hydrogens is 773 g/mol. The Bertz CT molecular complexity index is 1690. The van der Waals surface area contributed by atoms with Crippen LogP contribution in [-0.4, -0.2) is 48.0 Å². The first-order valence-corrected chi connectivity index (χ1v) is 23.6. The van der Waals surface area contributed by atoms with E-state index in [1.165, 1.54) is 89.9 Å². The fourth-order valence-electron chi connectivity index (χ4n) is 7.85. The highest BCUT2D eigenvalue weighted by atomic mass is 16.5. The van der Waals surface area contributed by atoms with Crippen molar-refractivity contribution in [2.45, 2.75) is 167 Å². The summed E-state index contributed by atoms with van der Waals surface area (Å²) in [7, 11) is 0. The van der Waals surface area contributed by atoms with Gasteiger partial charge in [0.15, 0.2) is 0 Å². The summed E-state index contributed by atoms with van der Waals surface area (Å²) in [4.78, 5) is 51.4. The molecule has 0 saturated heterocycles. The van der Waals surface area contributed by atoms with Gasteiger partial charge in [-0.1, -0.05) is 176 Å². The fourth-order valence-corrected chi connectivity index (χ4v) is 7.85. The van der Waals surface area contributed by atoms with E-state index in [4.69, 9.17) is 9.47 Å². The summed E-state index contributed by atoms with van der Waals surface area (Å²) in [6.45, 7) is 3.84. The summed E-state index contributed by atoms with van der Waals surface area (Å²) in [5, 5.41) is 6.10. The van der Waals surface area contributed by atoms with E-state index in [0.717, 1.165) is 25.7 Å². The summed E-state index contributed by atoms with van der Waals surface area (Å²) >= 11 is 0. The predicted molar refractivity (Wildman–Crippen MR) is 250 cm³/mol. The molecule has 8 heteroatoms. The molecule has 62 heavy (non-hydrogen) atoms. The van der Waals surface area contributed by atoms with E-state index in [0.29, 0.717) is 35.1 Å². The molecule has 0 heterocycles. The standard InChI is InChI=1S/C54H72N2O6/c1-43(55-51(57)45-33-23-19-24-34-45)49(61-53(59)47-37-27-21-28-38-47)41-31-17-15-13-11-9-7-5-3-4-6-8-10-12-14-16-18-32-42-50(62-54(60)48-39-29-22-30-40-48)44(2)56-52(58)46-35-25-20-26-36-46/h19-30,33-40,43-44,49-50H,3-18,31-32,41-42H2,1-2H3,(H,55,57)(H,56,58)/t43-,44-,49+,50+/m0/s1. The zero-order valence-electron chi connectivity index (χ0n) is 37.4. The molecule has 4 aromatic rings. The maximum absolute atomic E-state index is 12.9. The minimum absolute atomic E-state index is 0.161. The molecular formula is C54H72N2O6. The molecule has 8 nitrogen and oxygen atoms in total. The largest absolute Gasteiger partial charge is 0.457 e. The van der Waals surface area contributed by atoms with Crippen LogP contribution < -0.4 is 10.6 Å². The fraction of sp³-hybridized carbons (Fsp3) is 0.481. The molecule has 2 N–H and O–H groups in total. The van der Waals surface area contributed by atoms with Gasteiger partial charge in [-0.25, -0.2) is 9.59 Å². The van der Waals surface area contributed by atoms with Gasteiger partial charge in [-0.05, 0) is 88.1 Å². The minimum atomic E-state index is -0.399. The maximum atomic E-state index is 12.9. The first-order chi connectivity index (χ1) is 30.3. The highest BCUT2D eigenvalue weighted by Gasteiger charge is 2.25. The third-order valence-electron chi connectivity index (χ3n) is 11.7. The van der Waals surface area contributed by atoms with Gasteiger partial charge in [-0.3, -0.25) is 9.59 Å². The van der Waals surface area contributed by atoms with Crippen LogP contribution in [0.15, 0.2) is 121 Å². The SMILES string of the molecule is C[C@H](NC(=O)c1ccccc1)[C@@H](CCCCCCCCCCCCCCCCCCCC[C@@H](OC(=O)c1ccccc1)[C@H](C)NC(=O)c1ccccc1)OC(=O)c1ccccc1. The van der Waals surface area contributed by atoms with E-state index in [9.17, 15) is 19.2 Å². The Morgan fingerprint density at radius 3 is 0.839 bits per heavy atom. The topological polar surface area (TPSA) is 111 Å². The van der Waals surface area contributed by atoms with Crippen LogP contribution in [0.2, 0.25) is 0 Å². The van der Waals surface area contributed by atoms with Gasteiger partial charge in [0.2, 0.25) is 0 Å². The molecule has 2 amide bonds. The molecule has 4 rings (SSSR count). The molecule has 0 aliphatic carbocycles. The second kappa shape index (κ2) is 29.9. The minimum Gasteiger partial charge on any atom is -0.457 e. The Hall–Kier alpha value is -5.24. The van der Waals surface area contributed by atoms with Crippen LogP contribution in [0, 0.1) is 0 Å². The van der Waals surface area contributed by atoms with Crippen molar-refractivity contribution in [1.82, 2.24) is 10.6 Å². The maximum Gasteiger partial charge on any atom is 0.338 e. The summed E-state index contributed by atoms with van der Waals surface area (Å²) in [5.74, 6) is -1.03. The number of esters is 2. The van der Waals surface area contributed by atoms with Gasteiger partial charge in [0, 0.05) is 11.1 Å². The van der Waals surface area contributed by atoms with Crippen molar-refractivity contribution >= 4 is 23.8 Å². The molecule has 334 valence electrons. The molecule has 4 aromatic carbocycles. The van der Waals surface area contributed by atoms with Crippen LogP contribution in [0.4, 0.5) is 0 Å². The lowest BCUT2D eigenvalue weighted by molar-refractivity contribution is 0.0179. The third-order valence-corrected chi connectivity index (χ3v) is 11.7. The van der Waals surface area contributed by atoms with Gasteiger partial charge >= 0.3 is 11.9 Å². The number of benzene rings is 4. The molecule has 0 unspecified atom stereocenters. The van der Waals surface area contributed by atoms with Crippen LogP contribution in [-0.2, 0) is 9.47 Å².